The number of anilines is 1. The van der Waals surface area contributed by atoms with Crippen LogP contribution in [-0.2, 0) is 4.74 Å². The van der Waals surface area contributed by atoms with E-state index in [1.54, 1.807) is 17.0 Å². The lowest BCUT2D eigenvalue weighted by molar-refractivity contribution is 0.0299. The van der Waals surface area contributed by atoms with Crippen molar-refractivity contribution in [2.45, 2.75) is 0 Å². The molecule has 1 saturated heterocycles. The van der Waals surface area contributed by atoms with Crippen molar-refractivity contribution in [1.29, 1.82) is 0 Å². The van der Waals surface area contributed by atoms with E-state index in [4.69, 9.17) is 4.74 Å². The van der Waals surface area contributed by atoms with Gasteiger partial charge in [-0.15, -0.1) is 6.58 Å². The monoisotopic (exact) mass is 248 g/mol. The highest BCUT2D eigenvalue weighted by Crippen LogP contribution is 2.08. The fourth-order valence-electron chi connectivity index (χ4n) is 1.68. The molecule has 1 fully saturated rings. The highest BCUT2D eigenvalue weighted by atomic mass is 16.5. The smallest absolute Gasteiger partial charge is 0.272 e. The summed E-state index contributed by atoms with van der Waals surface area (Å²) in [5.41, 5.74) is 0.401. The van der Waals surface area contributed by atoms with Gasteiger partial charge in [-0.3, -0.25) is 4.79 Å². The molecule has 96 valence electrons. The Morgan fingerprint density at radius 3 is 3.00 bits per heavy atom. The number of amides is 1. The number of nitrogens with one attached hydrogen (secondary N) is 1. The van der Waals surface area contributed by atoms with E-state index in [0.717, 1.165) is 0 Å². The standard InChI is InChI=1S/C12H16N4O2/c1-2-3-13-11-8-10(14-9-15-11)12(17)16-4-6-18-7-5-16/h2,8-9H,1,3-7H2,(H,13,14,15). The van der Waals surface area contributed by atoms with Crippen LogP contribution in [-0.4, -0.2) is 53.6 Å². The largest absolute Gasteiger partial charge is 0.378 e. The maximum atomic E-state index is 12.2. The van der Waals surface area contributed by atoms with Crippen molar-refractivity contribution >= 4 is 11.7 Å². The van der Waals surface area contributed by atoms with E-state index >= 15 is 0 Å². The fourth-order valence-corrected chi connectivity index (χ4v) is 1.68. The molecule has 0 saturated carbocycles. The summed E-state index contributed by atoms with van der Waals surface area (Å²) in [6.07, 6.45) is 3.12. The van der Waals surface area contributed by atoms with Gasteiger partial charge in [0.15, 0.2) is 0 Å². The van der Waals surface area contributed by atoms with Crippen LogP contribution in [0.3, 0.4) is 0 Å². The van der Waals surface area contributed by atoms with Crippen LogP contribution in [0, 0.1) is 0 Å². The number of hydrogen-bond donors (Lipinski definition) is 1. The molecular weight excluding hydrogens is 232 g/mol. The summed E-state index contributed by atoms with van der Waals surface area (Å²) in [6.45, 7) is 6.59. The van der Waals surface area contributed by atoms with Crippen LogP contribution in [0.4, 0.5) is 5.82 Å². The molecule has 0 bridgehead atoms. The number of nitrogens with zero attached hydrogens (tertiary/aromatic N) is 3. The lowest BCUT2D eigenvalue weighted by Gasteiger charge is -2.26. The average Bonchev–Trinajstić information content (AvgIpc) is 2.45. The van der Waals surface area contributed by atoms with Gasteiger partial charge in [-0.05, 0) is 0 Å². The topological polar surface area (TPSA) is 67.4 Å². The second kappa shape index (κ2) is 6.11. The first kappa shape index (κ1) is 12.5. The molecular formula is C12H16N4O2. The molecule has 1 aliphatic heterocycles. The number of carbonyl (C=O) groups excluding carboxylic acids is 1. The van der Waals surface area contributed by atoms with Gasteiger partial charge in [0.25, 0.3) is 5.91 Å². The number of aromatic nitrogens is 2. The maximum Gasteiger partial charge on any atom is 0.272 e. The number of morpholine rings is 1. The summed E-state index contributed by atoms with van der Waals surface area (Å²) < 4.78 is 5.21. The third kappa shape index (κ3) is 3.04. The summed E-state index contributed by atoms with van der Waals surface area (Å²) in [5, 5.41) is 3.03. The summed E-state index contributed by atoms with van der Waals surface area (Å²) in [6, 6.07) is 1.65. The second-order valence-electron chi connectivity index (χ2n) is 3.86. The molecule has 0 aliphatic carbocycles. The van der Waals surface area contributed by atoms with Gasteiger partial charge < -0.3 is 15.0 Å². The molecule has 6 heteroatoms. The van der Waals surface area contributed by atoms with E-state index in [2.05, 4.69) is 21.9 Å². The maximum absolute atomic E-state index is 12.2. The Kier molecular flexibility index (Phi) is 4.25. The molecule has 0 aromatic carbocycles. The van der Waals surface area contributed by atoms with Gasteiger partial charge >= 0.3 is 0 Å². The van der Waals surface area contributed by atoms with Crippen molar-refractivity contribution in [1.82, 2.24) is 14.9 Å². The Labute approximate surface area is 106 Å². The van der Waals surface area contributed by atoms with Crippen LogP contribution in [0.5, 0.6) is 0 Å². The molecule has 0 spiro atoms. The molecule has 6 nitrogen and oxygen atoms in total. The number of carbonyl (C=O) groups is 1. The van der Waals surface area contributed by atoms with Gasteiger partial charge in [0, 0.05) is 25.7 Å². The minimum Gasteiger partial charge on any atom is -0.378 e. The molecule has 2 heterocycles. The zero-order valence-corrected chi connectivity index (χ0v) is 10.1. The molecule has 18 heavy (non-hydrogen) atoms. The molecule has 0 unspecified atom stereocenters. The Hall–Kier alpha value is -1.95. The van der Waals surface area contributed by atoms with Crippen LogP contribution >= 0.6 is 0 Å². The molecule has 1 aliphatic rings. The van der Waals surface area contributed by atoms with Crippen LogP contribution in [0.25, 0.3) is 0 Å². The quantitative estimate of drug-likeness (QED) is 0.788. The summed E-state index contributed by atoms with van der Waals surface area (Å²) in [7, 11) is 0. The molecule has 0 atom stereocenters. The minimum absolute atomic E-state index is 0.0812. The Morgan fingerprint density at radius 2 is 2.28 bits per heavy atom. The molecule has 2 rings (SSSR count). The highest BCUT2D eigenvalue weighted by Gasteiger charge is 2.19. The fraction of sp³-hybridized carbons (Fsp3) is 0.417. The van der Waals surface area contributed by atoms with Crippen molar-refractivity contribution in [3.05, 3.63) is 30.7 Å². The predicted octanol–water partition coefficient (Wildman–Crippen LogP) is 0.547. The van der Waals surface area contributed by atoms with Crippen LogP contribution in [0.15, 0.2) is 25.0 Å². The van der Waals surface area contributed by atoms with Crippen molar-refractivity contribution in [2.75, 3.05) is 38.2 Å². The van der Waals surface area contributed by atoms with E-state index in [1.807, 2.05) is 0 Å². The van der Waals surface area contributed by atoms with E-state index in [-0.39, 0.29) is 5.91 Å². The van der Waals surface area contributed by atoms with Crippen LogP contribution in [0.1, 0.15) is 10.5 Å². The predicted molar refractivity (Wildman–Crippen MR) is 67.4 cm³/mol. The zero-order chi connectivity index (χ0) is 12.8. The van der Waals surface area contributed by atoms with Crippen molar-refractivity contribution < 1.29 is 9.53 Å². The lowest BCUT2D eigenvalue weighted by atomic mass is 10.3. The van der Waals surface area contributed by atoms with Crippen molar-refractivity contribution in [2.24, 2.45) is 0 Å². The van der Waals surface area contributed by atoms with Gasteiger partial charge in [-0.2, -0.15) is 0 Å². The second-order valence-corrected chi connectivity index (χ2v) is 3.86. The van der Waals surface area contributed by atoms with Crippen molar-refractivity contribution in [3.63, 3.8) is 0 Å². The molecule has 0 radical (unpaired) electrons. The third-order valence-corrected chi connectivity index (χ3v) is 2.61. The average molecular weight is 248 g/mol. The van der Waals surface area contributed by atoms with E-state index in [1.165, 1.54) is 6.33 Å². The Morgan fingerprint density at radius 1 is 1.50 bits per heavy atom. The van der Waals surface area contributed by atoms with E-state index in [9.17, 15) is 4.79 Å². The third-order valence-electron chi connectivity index (χ3n) is 2.61. The molecule has 1 aromatic rings. The SMILES string of the molecule is C=CCNc1cc(C(=O)N2CCOCC2)ncn1. The van der Waals surface area contributed by atoms with Crippen LogP contribution in [0.2, 0.25) is 0 Å². The van der Waals surface area contributed by atoms with Gasteiger partial charge in [0.05, 0.1) is 13.2 Å². The number of hydrogen-bond acceptors (Lipinski definition) is 5. The Bertz CT molecular complexity index is 430. The highest BCUT2D eigenvalue weighted by molar-refractivity contribution is 5.92. The Balaban J connectivity index is 2.06. The summed E-state index contributed by atoms with van der Waals surface area (Å²) in [4.78, 5) is 21.9. The normalized spacial score (nSPS) is 15.2. The molecule has 1 N–H and O–H groups in total. The van der Waals surface area contributed by atoms with Crippen LogP contribution < -0.4 is 5.32 Å². The summed E-state index contributed by atoms with van der Waals surface area (Å²) in [5.74, 6) is 0.545. The first-order chi connectivity index (χ1) is 8.81. The minimum atomic E-state index is -0.0812. The summed E-state index contributed by atoms with van der Waals surface area (Å²) >= 11 is 0. The van der Waals surface area contributed by atoms with Crippen molar-refractivity contribution in [3.8, 4) is 0 Å². The zero-order valence-electron chi connectivity index (χ0n) is 10.1. The van der Waals surface area contributed by atoms with Gasteiger partial charge in [-0.25, -0.2) is 9.97 Å². The number of rotatable bonds is 4. The molecule has 1 aromatic heterocycles. The van der Waals surface area contributed by atoms with E-state index < -0.39 is 0 Å². The van der Waals surface area contributed by atoms with Gasteiger partial charge in [0.2, 0.25) is 0 Å². The lowest BCUT2D eigenvalue weighted by Crippen LogP contribution is -2.41. The first-order valence-corrected chi connectivity index (χ1v) is 5.85. The van der Waals surface area contributed by atoms with Gasteiger partial charge in [0.1, 0.15) is 17.8 Å². The van der Waals surface area contributed by atoms with E-state index in [0.29, 0.717) is 44.4 Å². The molecule has 1 amide bonds. The number of ether oxygens (including phenoxy) is 1. The van der Waals surface area contributed by atoms with Gasteiger partial charge in [-0.1, -0.05) is 6.08 Å². The first-order valence-electron chi connectivity index (χ1n) is 5.85.